The molecule has 0 saturated carbocycles. The van der Waals surface area contributed by atoms with Gasteiger partial charge in [-0.2, -0.15) is 0 Å². The molecule has 1 aliphatic heterocycles. The number of ether oxygens (including phenoxy) is 1. The van der Waals surface area contributed by atoms with Gasteiger partial charge in [0.15, 0.2) is 0 Å². The SMILES string of the molecule is Cc1ccc(CC(NN)C2CCOC2C)cc1. The topological polar surface area (TPSA) is 47.3 Å². The molecule has 0 amide bonds. The van der Waals surface area contributed by atoms with Crippen LogP contribution in [-0.2, 0) is 11.2 Å². The first-order chi connectivity index (χ1) is 8.20. The van der Waals surface area contributed by atoms with Crippen LogP contribution in [0, 0.1) is 12.8 Å². The van der Waals surface area contributed by atoms with Crippen molar-refractivity contribution in [2.45, 2.75) is 38.8 Å². The van der Waals surface area contributed by atoms with E-state index in [0.717, 1.165) is 19.4 Å². The second-order valence-electron chi connectivity index (χ2n) is 4.99. The molecule has 3 heteroatoms. The fourth-order valence-electron chi connectivity index (χ4n) is 2.59. The van der Waals surface area contributed by atoms with Crippen molar-refractivity contribution in [1.29, 1.82) is 0 Å². The maximum absolute atomic E-state index is 5.69. The van der Waals surface area contributed by atoms with Crippen LogP contribution in [0.15, 0.2) is 24.3 Å². The van der Waals surface area contributed by atoms with Gasteiger partial charge < -0.3 is 4.74 Å². The number of rotatable bonds is 4. The number of nitrogens with two attached hydrogens (primary N) is 1. The Kier molecular flexibility index (Phi) is 4.15. The van der Waals surface area contributed by atoms with Gasteiger partial charge in [0, 0.05) is 18.6 Å². The molecule has 17 heavy (non-hydrogen) atoms. The minimum atomic E-state index is 0.301. The fraction of sp³-hybridized carbons (Fsp3) is 0.571. The number of hydrogen-bond acceptors (Lipinski definition) is 3. The van der Waals surface area contributed by atoms with Crippen LogP contribution < -0.4 is 11.3 Å². The molecule has 0 aliphatic carbocycles. The van der Waals surface area contributed by atoms with Crippen molar-refractivity contribution in [3.05, 3.63) is 35.4 Å². The molecular weight excluding hydrogens is 212 g/mol. The molecule has 3 unspecified atom stereocenters. The van der Waals surface area contributed by atoms with E-state index in [2.05, 4.69) is 43.5 Å². The van der Waals surface area contributed by atoms with Gasteiger partial charge in [-0.25, -0.2) is 0 Å². The minimum absolute atomic E-state index is 0.301. The predicted molar refractivity (Wildman–Crippen MR) is 69.5 cm³/mol. The van der Waals surface area contributed by atoms with Gasteiger partial charge in [0.1, 0.15) is 0 Å². The maximum Gasteiger partial charge on any atom is 0.0591 e. The van der Waals surface area contributed by atoms with E-state index in [0.29, 0.717) is 18.1 Å². The van der Waals surface area contributed by atoms with Crippen molar-refractivity contribution < 1.29 is 4.74 Å². The molecule has 1 fully saturated rings. The molecule has 0 radical (unpaired) electrons. The number of aryl methyl sites for hydroxylation is 1. The van der Waals surface area contributed by atoms with E-state index in [1.54, 1.807) is 0 Å². The van der Waals surface area contributed by atoms with E-state index in [-0.39, 0.29) is 0 Å². The molecule has 3 atom stereocenters. The van der Waals surface area contributed by atoms with Gasteiger partial charge in [-0.15, -0.1) is 0 Å². The molecule has 2 rings (SSSR count). The van der Waals surface area contributed by atoms with Crippen LogP contribution in [-0.4, -0.2) is 18.8 Å². The summed E-state index contributed by atoms with van der Waals surface area (Å²) in [5.41, 5.74) is 5.58. The van der Waals surface area contributed by atoms with Crippen molar-refractivity contribution in [2.24, 2.45) is 11.8 Å². The number of benzene rings is 1. The zero-order chi connectivity index (χ0) is 12.3. The smallest absolute Gasteiger partial charge is 0.0591 e. The first-order valence-corrected chi connectivity index (χ1v) is 6.34. The minimum Gasteiger partial charge on any atom is -0.378 e. The number of hydrogen-bond donors (Lipinski definition) is 2. The average molecular weight is 234 g/mol. The summed E-state index contributed by atoms with van der Waals surface area (Å²) < 4.78 is 5.61. The van der Waals surface area contributed by atoms with Gasteiger partial charge in [-0.1, -0.05) is 29.8 Å². The summed E-state index contributed by atoms with van der Waals surface area (Å²) in [5, 5.41) is 0. The first-order valence-electron chi connectivity index (χ1n) is 6.34. The van der Waals surface area contributed by atoms with Gasteiger partial charge in [0.05, 0.1) is 6.10 Å². The van der Waals surface area contributed by atoms with Crippen molar-refractivity contribution in [2.75, 3.05) is 6.61 Å². The van der Waals surface area contributed by atoms with E-state index in [1.165, 1.54) is 11.1 Å². The standard InChI is InChI=1S/C14H22N2O/c1-10-3-5-12(6-4-10)9-14(16-15)13-7-8-17-11(13)2/h3-6,11,13-14,16H,7-9,15H2,1-2H3. The largest absolute Gasteiger partial charge is 0.378 e. The summed E-state index contributed by atoms with van der Waals surface area (Å²) >= 11 is 0. The van der Waals surface area contributed by atoms with E-state index in [9.17, 15) is 0 Å². The molecule has 1 aliphatic rings. The zero-order valence-corrected chi connectivity index (χ0v) is 10.6. The molecular formula is C14H22N2O. The van der Waals surface area contributed by atoms with Crippen molar-refractivity contribution in [3.8, 4) is 0 Å². The van der Waals surface area contributed by atoms with E-state index >= 15 is 0 Å². The summed E-state index contributed by atoms with van der Waals surface area (Å²) in [6.07, 6.45) is 2.37. The van der Waals surface area contributed by atoms with Crippen LogP contribution >= 0.6 is 0 Å². The molecule has 0 aromatic heterocycles. The number of hydrazine groups is 1. The fourth-order valence-corrected chi connectivity index (χ4v) is 2.59. The third kappa shape index (κ3) is 3.06. The maximum atomic E-state index is 5.69. The normalized spacial score (nSPS) is 26.1. The highest BCUT2D eigenvalue weighted by Gasteiger charge is 2.31. The Hall–Kier alpha value is -0.900. The van der Waals surface area contributed by atoms with Crippen LogP contribution in [0.3, 0.4) is 0 Å². The van der Waals surface area contributed by atoms with Gasteiger partial charge in [-0.3, -0.25) is 11.3 Å². The molecule has 0 bridgehead atoms. The van der Waals surface area contributed by atoms with Crippen LogP contribution in [0.1, 0.15) is 24.5 Å². The molecule has 94 valence electrons. The zero-order valence-electron chi connectivity index (χ0n) is 10.6. The van der Waals surface area contributed by atoms with Crippen LogP contribution in [0.4, 0.5) is 0 Å². The lowest BCUT2D eigenvalue weighted by Gasteiger charge is -2.25. The third-order valence-corrected chi connectivity index (χ3v) is 3.74. The number of nitrogens with one attached hydrogen (secondary N) is 1. The highest BCUT2D eigenvalue weighted by molar-refractivity contribution is 5.22. The predicted octanol–water partition coefficient (Wildman–Crippen LogP) is 1.79. The summed E-state index contributed by atoms with van der Waals surface area (Å²) in [6.45, 7) is 5.10. The Bertz CT molecular complexity index is 350. The molecule has 1 aromatic rings. The Morgan fingerprint density at radius 3 is 2.65 bits per heavy atom. The van der Waals surface area contributed by atoms with Crippen LogP contribution in [0.2, 0.25) is 0 Å². The van der Waals surface area contributed by atoms with Gasteiger partial charge in [-0.05, 0) is 32.3 Å². The Labute approximate surface area is 103 Å². The summed E-state index contributed by atoms with van der Waals surface area (Å²) in [5.74, 6) is 6.20. The van der Waals surface area contributed by atoms with Crippen molar-refractivity contribution >= 4 is 0 Å². The molecule has 3 nitrogen and oxygen atoms in total. The summed E-state index contributed by atoms with van der Waals surface area (Å²) in [6, 6.07) is 8.96. The van der Waals surface area contributed by atoms with Crippen molar-refractivity contribution in [3.63, 3.8) is 0 Å². The second-order valence-corrected chi connectivity index (χ2v) is 4.99. The third-order valence-electron chi connectivity index (χ3n) is 3.74. The van der Waals surface area contributed by atoms with Crippen LogP contribution in [0.5, 0.6) is 0 Å². The lowest BCUT2D eigenvalue weighted by Crippen LogP contribution is -2.44. The lowest BCUT2D eigenvalue weighted by atomic mass is 9.89. The Balaban J connectivity index is 2.01. The van der Waals surface area contributed by atoms with Gasteiger partial charge in [0.2, 0.25) is 0 Å². The quantitative estimate of drug-likeness (QED) is 0.617. The van der Waals surface area contributed by atoms with E-state index in [1.807, 2.05) is 0 Å². The van der Waals surface area contributed by atoms with Crippen LogP contribution in [0.25, 0.3) is 0 Å². The Morgan fingerprint density at radius 2 is 2.12 bits per heavy atom. The van der Waals surface area contributed by atoms with Gasteiger partial charge in [0.25, 0.3) is 0 Å². The lowest BCUT2D eigenvalue weighted by molar-refractivity contribution is 0.0954. The second kappa shape index (κ2) is 5.63. The molecule has 1 aromatic carbocycles. The van der Waals surface area contributed by atoms with Crippen molar-refractivity contribution in [1.82, 2.24) is 5.43 Å². The molecule has 3 N–H and O–H groups in total. The Morgan fingerprint density at radius 1 is 1.41 bits per heavy atom. The highest BCUT2D eigenvalue weighted by atomic mass is 16.5. The highest BCUT2D eigenvalue weighted by Crippen LogP contribution is 2.25. The molecule has 0 spiro atoms. The molecule has 1 heterocycles. The van der Waals surface area contributed by atoms with E-state index < -0.39 is 0 Å². The molecule has 1 saturated heterocycles. The monoisotopic (exact) mass is 234 g/mol. The van der Waals surface area contributed by atoms with E-state index in [4.69, 9.17) is 10.6 Å². The van der Waals surface area contributed by atoms with Gasteiger partial charge >= 0.3 is 0 Å². The first kappa shape index (κ1) is 12.6. The summed E-state index contributed by atoms with van der Waals surface area (Å²) in [4.78, 5) is 0. The summed E-state index contributed by atoms with van der Waals surface area (Å²) in [7, 11) is 0. The average Bonchev–Trinajstić information content (AvgIpc) is 2.75.